The van der Waals surface area contributed by atoms with Crippen molar-refractivity contribution in [1.82, 2.24) is 9.97 Å². The first-order chi connectivity index (χ1) is 7.20. The molecular formula is C10H12N4O. The van der Waals surface area contributed by atoms with Crippen molar-refractivity contribution in [3.63, 3.8) is 0 Å². The van der Waals surface area contributed by atoms with E-state index in [0.717, 1.165) is 17.0 Å². The Morgan fingerprint density at radius 2 is 2.13 bits per heavy atom. The average Bonchev–Trinajstić information content (AvgIpc) is 2.59. The molecule has 2 aromatic rings. The van der Waals surface area contributed by atoms with Gasteiger partial charge in [0, 0.05) is 6.20 Å². The number of nitrogens with two attached hydrogens (primary N) is 1. The van der Waals surface area contributed by atoms with Gasteiger partial charge in [-0.2, -0.15) is 0 Å². The number of aryl methyl sites for hydroxylation is 2. The van der Waals surface area contributed by atoms with Crippen LogP contribution in [0.15, 0.2) is 22.7 Å². The molecule has 2 aromatic heterocycles. The first kappa shape index (κ1) is 9.67. The third kappa shape index (κ3) is 1.82. The molecule has 0 radical (unpaired) electrons. The molecule has 5 heteroatoms. The van der Waals surface area contributed by atoms with Crippen molar-refractivity contribution in [3.8, 4) is 11.5 Å². The van der Waals surface area contributed by atoms with E-state index in [1.165, 1.54) is 0 Å². The second kappa shape index (κ2) is 3.70. The minimum Gasteiger partial charge on any atom is -0.441 e. The Labute approximate surface area is 87.3 Å². The van der Waals surface area contributed by atoms with Gasteiger partial charge in [0.1, 0.15) is 11.6 Å². The maximum absolute atomic E-state index is 5.47. The summed E-state index contributed by atoms with van der Waals surface area (Å²) in [6.07, 6.45) is 1.67. The topological polar surface area (TPSA) is 77.0 Å². The number of nitrogen functional groups attached to an aromatic ring is 1. The highest BCUT2D eigenvalue weighted by Crippen LogP contribution is 2.21. The fourth-order valence-corrected chi connectivity index (χ4v) is 1.20. The summed E-state index contributed by atoms with van der Waals surface area (Å²) >= 11 is 0. The molecule has 0 aliphatic heterocycles. The number of hydrogen-bond acceptors (Lipinski definition) is 5. The Morgan fingerprint density at radius 3 is 2.60 bits per heavy atom. The van der Waals surface area contributed by atoms with Crippen molar-refractivity contribution in [2.75, 3.05) is 5.43 Å². The van der Waals surface area contributed by atoms with Crippen molar-refractivity contribution in [2.24, 2.45) is 5.84 Å². The molecule has 2 rings (SSSR count). The Kier molecular flexibility index (Phi) is 2.39. The molecule has 0 aliphatic carbocycles. The lowest BCUT2D eigenvalue weighted by atomic mass is 10.3. The van der Waals surface area contributed by atoms with E-state index in [1.807, 2.05) is 19.9 Å². The molecule has 0 saturated heterocycles. The number of hydrazine groups is 1. The highest BCUT2D eigenvalue weighted by molar-refractivity contribution is 5.54. The number of oxazole rings is 1. The number of rotatable bonds is 2. The van der Waals surface area contributed by atoms with Gasteiger partial charge >= 0.3 is 0 Å². The Bertz CT molecular complexity index is 441. The highest BCUT2D eigenvalue weighted by atomic mass is 16.4. The molecule has 5 nitrogen and oxygen atoms in total. The second-order valence-electron chi connectivity index (χ2n) is 3.24. The van der Waals surface area contributed by atoms with Crippen molar-refractivity contribution < 1.29 is 4.42 Å². The number of anilines is 1. The molecule has 0 spiro atoms. The molecule has 0 bridgehead atoms. The van der Waals surface area contributed by atoms with Crippen molar-refractivity contribution in [2.45, 2.75) is 13.8 Å². The maximum atomic E-state index is 5.47. The van der Waals surface area contributed by atoms with E-state index in [1.54, 1.807) is 12.3 Å². The van der Waals surface area contributed by atoms with E-state index in [-0.39, 0.29) is 0 Å². The van der Waals surface area contributed by atoms with Crippen LogP contribution in [0.1, 0.15) is 11.5 Å². The van der Waals surface area contributed by atoms with Crippen LogP contribution in [0.4, 0.5) is 5.82 Å². The van der Waals surface area contributed by atoms with Gasteiger partial charge in [0.15, 0.2) is 0 Å². The summed E-state index contributed by atoms with van der Waals surface area (Å²) < 4.78 is 5.47. The molecule has 0 aromatic carbocycles. The molecule has 0 unspecified atom stereocenters. The number of pyridine rings is 1. The van der Waals surface area contributed by atoms with Gasteiger partial charge in [0.25, 0.3) is 0 Å². The Hall–Kier alpha value is -1.88. The standard InChI is InChI=1S/C10H12N4O/c1-6-7(2)15-10(13-6)8-3-4-9(14-11)12-5-8/h3-5H,11H2,1-2H3,(H,12,14). The van der Waals surface area contributed by atoms with Crippen molar-refractivity contribution >= 4 is 5.82 Å². The van der Waals surface area contributed by atoms with Crippen LogP contribution < -0.4 is 11.3 Å². The highest BCUT2D eigenvalue weighted by Gasteiger charge is 2.07. The fourth-order valence-electron chi connectivity index (χ4n) is 1.20. The van der Waals surface area contributed by atoms with Crippen LogP contribution in [0.5, 0.6) is 0 Å². The third-order valence-electron chi connectivity index (χ3n) is 2.19. The summed E-state index contributed by atoms with van der Waals surface area (Å²) in [6, 6.07) is 3.62. The van der Waals surface area contributed by atoms with E-state index in [4.69, 9.17) is 10.3 Å². The van der Waals surface area contributed by atoms with E-state index in [9.17, 15) is 0 Å². The summed E-state index contributed by atoms with van der Waals surface area (Å²) in [5, 5.41) is 0. The van der Waals surface area contributed by atoms with Gasteiger partial charge in [-0.1, -0.05) is 0 Å². The molecule has 2 heterocycles. The van der Waals surface area contributed by atoms with Crippen molar-refractivity contribution in [1.29, 1.82) is 0 Å². The number of aromatic nitrogens is 2. The van der Waals surface area contributed by atoms with E-state index in [0.29, 0.717) is 11.7 Å². The maximum Gasteiger partial charge on any atom is 0.228 e. The number of nitrogens with one attached hydrogen (secondary N) is 1. The van der Waals surface area contributed by atoms with Crippen LogP contribution >= 0.6 is 0 Å². The molecule has 0 saturated carbocycles. The van der Waals surface area contributed by atoms with Crippen LogP contribution in [-0.4, -0.2) is 9.97 Å². The minimum atomic E-state index is 0.584. The fraction of sp³-hybridized carbons (Fsp3) is 0.200. The predicted molar refractivity (Wildman–Crippen MR) is 57.0 cm³/mol. The van der Waals surface area contributed by atoms with E-state index >= 15 is 0 Å². The lowest BCUT2D eigenvalue weighted by molar-refractivity contribution is 0.540. The summed E-state index contributed by atoms with van der Waals surface area (Å²) in [5.41, 5.74) is 4.19. The van der Waals surface area contributed by atoms with Gasteiger partial charge in [0.05, 0.1) is 11.3 Å². The summed E-state index contributed by atoms with van der Waals surface area (Å²) in [7, 11) is 0. The molecule has 0 amide bonds. The van der Waals surface area contributed by atoms with Gasteiger partial charge in [-0.15, -0.1) is 0 Å². The molecule has 0 atom stereocenters. The van der Waals surface area contributed by atoms with Crippen LogP contribution in [0.25, 0.3) is 11.5 Å². The third-order valence-corrected chi connectivity index (χ3v) is 2.19. The van der Waals surface area contributed by atoms with Gasteiger partial charge in [0.2, 0.25) is 5.89 Å². The Morgan fingerprint density at radius 1 is 1.33 bits per heavy atom. The Balaban J connectivity index is 2.37. The average molecular weight is 204 g/mol. The first-order valence-electron chi connectivity index (χ1n) is 4.58. The van der Waals surface area contributed by atoms with Crippen LogP contribution in [0, 0.1) is 13.8 Å². The van der Waals surface area contributed by atoms with Crippen molar-refractivity contribution in [3.05, 3.63) is 29.8 Å². The molecule has 0 fully saturated rings. The van der Waals surface area contributed by atoms with Gasteiger partial charge in [-0.25, -0.2) is 15.8 Å². The van der Waals surface area contributed by atoms with Gasteiger partial charge in [-0.3, -0.25) is 0 Å². The predicted octanol–water partition coefficient (Wildman–Crippen LogP) is 1.64. The van der Waals surface area contributed by atoms with Crippen LogP contribution in [0.3, 0.4) is 0 Å². The second-order valence-corrected chi connectivity index (χ2v) is 3.24. The quantitative estimate of drug-likeness (QED) is 0.574. The SMILES string of the molecule is Cc1nc(-c2ccc(NN)nc2)oc1C. The number of hydrogen-bond donors (Lipinski definition) is 2. The number of nitrogens with zero attached hydrogens (tertiary/aromatic N) is 2. The van der Waals surface area contributed by atoms with Crippen LogP contribution in [0.2, 0.25) is 0 Å². The minimum absolute atomic E-state index is 0.584. The van der Waals surface area contributed by atoms with Gasteiger partial charge in [-0.05, 0) is 26.0 Å². The molecule has 3 N–H and O–H groups in total. The molecule has 78 valence electrons. The monoisotopic (exact) mass is 204 g/mol. The largest absolute Gasteiger partial charge is 0.441 e. The van der Waals surface area contributed by atoms with E-state index in [2.05, 4.69) is 15.4 Å². The smallest absolute Gasteiger partial charge is 0.228 e. The summed E-state index contributed by atoms with van der Waals surface area (Å²) in [4.78, 5) is 8.35. The zero-order valence-corrected chi connectivity index (χ0v) is 8.61. The first-order valence-corrected chi connectivity index (χ1v) is 4.58. The molecule has 0 aliphatic rings. The van der Waals surface area contributed by atoms with Gasteiger partial charge < -0.3 is 9.84 Å². The van der Waals surface area contributed by atoms with Crippen LogP contribution in [-0.2, 0) is 0 Å². The summed E-state index contributed by atoms with van der Waals surface area (Å²) in [6.45, 7) is 3.79. The molecule has 15 heavy (non-hydrogen) atoms. The van der Waals surface area contributed by atoms with E-state index < -0.39 is 0 Å². The molecular weight excluding hydrogens is 192 g/mol. The normalized spacial score (nSPS) is 10.3. The lowest BCUT2D eigenvalue weighted by Gasteiger charge is -1.98. The zero-order chi connectivity index (χ0) is 10.8. The summed E-state index contributed by atoms with van der Waals surface area (Å²) in [5.74, 6) is 7.23. The zero-order valence-electron chi connectivity index (χ0n) is 8.61. The lowest BCUT2D eigenvalue weighted by Crippen LogP contribution is -2.07.